The summed E-state index contributed by atoms with van der Waals surface area (Å²) < 4.78 is 34.4. The van der Waals surface area contributed by atoms with Crippen molar-refractivity contribution in [3.05, 3.63) is 41.5 Å². The molecule has 204 valence electrons. The van der Waals surface area contributed by atoms with E-state index in [4.69, 9.17) is 0 Å². The van der Waals surface area contributed by atoms with Crippen molar-refractivity contribution in [2.75, 3.05) is 0 Å². The zero-order valence-corrected chi connectivity index (χ0v) is 24.0. The number of unbranched alkanes of at least 4 members (excludes halogenated alkanes) is 16. The van der Waals surface area contributed by atoms with Crippen molar-refractivity contribution in [3.63, 3.8) is 0 Å². The van der Waals surface area contributed by atoms with Gasteiger partial charge in [-0.15, -0.1) is 0 Å². The fourth-order valence-electron chi connectivity index (χ4n) is 5.40. The van der Waals surface area contributed by atoms with Crippen LogP contribution in [0, 0.1) is 0 Å². The van der Waals surface area contributed by atoms with Gasteiger partial charge in [0.1, 0.15) is 4.90 Å². The van der Waals surface area contributed by atoms with Crippen molar-refractivity contribution in [1.29, 1.82) is 0 Å². The summed E-state index contributed by atoms with van der Waals surface area (Å²) in [5.74, 6) is 0. The molecule has 0 aliphatic heterocycles. The molecule has 0 amide bonds. The summed E-state index contributed by atoms with van der Waals surface area (Å²) in [5, 5.41) is 1.74. The van der Waals surface area contributed by atoms with E-state index < -0.39 is 10.1 Å². The van der Waals surface area contributed by atoms with Crippen LogP contribution in [0.1, 0.15) is 141 Å². The van der Waals surface area contributed by atoms with Crippen molar-refractivity contribution >= 4 is 20.9 Å². The second-order valence-electron chi connectivity index (χ2n) is 10.7. The predicted octanol–water partition coefficient (Wildman–Crippen LogP) is 10.2. The molecular formula is C32H52O3S. The molecule has 2 aromatic carbocycles. The summed E-state index contributed by atoms with van der Waals surface area (Å²) in [7, 11) is -4.26. The van der Waals surface area contributed by atoms with E-state index in [1.807, 2.05) is 6.07 Å². The first-order valence-electron chi connectivity index (χ1n) is 15.0. The van der Waals surface area contributed by atoms with Gasteiger partial charge in [-0.25, -0.2) is 0 Å². The molecule has 0 spiro atoms. The highest BCUT2D eigenvalue weighted by atomic mass is 32.2. The van der Waals surface area contributed by atoms with Crippen molar-refractivity contribution in [2.45, 2.75) is 147 Å². The molecule has 0 fully saturated rings. The SMILES string of the molecule is CCCCCCCCCCCc1ccc(CCCCCCCCCCC)c2c(S(=O)(=O)O)cccc12. The lowest BCUT2D eigenvalue weighted by molar-refractivity contribution is 0.484. The van der Waals surface area contributed by atoms with Gasteiger partial charge in [0, 0.05) is 5.39 Å². The number of aryl methyl sites for hydroxylation is 2. The first kappa shape index (κ1) is 30.8. The maximum absolute atomic E-state index is 12.2. The van der Waals surface area contributed by atoms with E-state index in [9.17, 15) is 13.0 Å². The highest BCUT2D eigenvalue weighted by Gasteiger charge is 2.18. The van der Waals surface area contributed by atoms with Gasteiger partial charge in [0.2, 0.25) is 0 Å². The standard InChI is InChI=1S/C32H52O3S/c1-3-5-7-9-11-13-15-17-19-22-28-26-27-29(23-20-18-16-14-12-10-8-6-4-2)32-30(28)24-21-25-31(32)36(33,34)35/h21,24-27H,3-20,22-23H2,1-2H3,(H,33,34,35). The Hall–Kier alpha value is -1.39. The van der Waals surface area contributed by atoms with Gasteiger partial charge in [0.15, 0.2) is 0 Å². The van der Waals surface area contributed by atoms with E-state index in [-0.39, 0.29) is 4.90 Å². The Morgan fingerprint density at radius 1 is 0.556 bits per heavy atom. The van der Waals surface area contributed by atoms with Gasteiger partial charge >= 0.3 is 0 Å². The Kier molecular flexibility index (Phi) is 15.4. The zero-order chi connectivity index (χ0) is 26.1. The Bertz CT molecular complexity index is 965. The van der Waals surface area contributed by atoms with Crippen LogP contribution in [-0.2, 0) is 23.0 Å². The van der Waals surface area contributed by atoms with Gasteiger partial charge in [0.25, 0.3) is 10.1 Å². The normalized spacial score (nSPS) is 12.0. The van der Waals surface area contributed by atoms with E-state index in [1.165, 1.54) is 108 Å². The van der Waals surface area contributed by atoms with Gasteiger partial charge < -0.3 is 0 Å². The minimum absolute atomic E-state index is 0.0693. The summed E-state index contributed by atoms with van der Waals surface area (Å²) in [5.41, 5.74) is 2.26. The first-order chi connectivity index (χ1) is 17.5. The minimum atomic E-state index is -4.26. The second-order valence-corrected chi connectivity index (χ2v) is 12.1. The number of hydrogen-bond donors (Lipinski definition) is 1. The van der Waals surface area contributed by atoms with E-state index in [0.717, 1.165) is 42.0 Å². The lowest BCUT2D eigenvalue weighted by Crippen LogP contribution is -2.03. The molecule has 36 heavy (non-hydrogen) atoms. The third-order valence-electron chi connectivity index (χ3n) is 7.56. The maximum atomic E-state index is 12.2. The first-order valence-corrected chi connectivity index (χ1v) is 16.4. The molecule has 0 aliphatic carbocycles. The fourth-order valence-corrected chi connectivity index (χ4v) is 6.15. The van der Waals surface area contributed by atoms with Crippen molar-refractivity contribution in [1.82, 2.24) is 0 Å². The third-order valence-corrected chi connectivity index (χ3v) is 8.45. The van der Waals surface area contributed by atoms with Gasteiger partial charge in [-0.1, -0.05) is 141 Å². The maximum Gasteiger partial charge on any atom is 0.295 e. The molecule has 2 rings (SSSR count). The van der Waals surface area contributed by atoms with Gasteiger partial charge in [0.05, 0.1) is 0 Å². The van der Waals surface area contributed by atoms with Crippen LogP contribution in [0.3, 0.4) is 0 Å². The molecule has 0 heterocycles. The Balaban J connectivity index is 1.94. The highest BCUT2D eigenvalue weighted by Crippen LogP contribution is 2.31. The lowest BCUT2D eigenvalue weighted by Gasteiger charge is -2.14. The highest BCUT2D eigenvalue weighted by molar-refractivity contribution is 7.86. The van der Waals surface area contributed by atoms with Crippen LogP contribution in [0.2, 0.25) is 0 Å². The number of fused-ring (bicyclic) bond motifs is 1. The molecule has 0 saturated heterocycles. The van der Waals surface area contributed by atoms with Crippen LogP contribution in [0.15, 0.2) is 35.2 Å². The monoisotopic (exact) mass is 516 g/mol. The molecule has 0 bridgehead atoms. The molecule has 0 aromatic heterocycles. The quantitative estimate of drug-likeness (QED) is 0.133. The van der Waals surface area contributed by atoms with Crippen molar-refractivity contribution in [3.8, 4) is 0 Å². The van der Waals surface area contributed by atoms with E-state index in [0.29, 0.717) is 0 Å². The molecule has 0 saturated carbocycles. The molecule has 0 radical (unpaired) electrons. The minimum Gasteiger partial charge on any atom is -0.282 e. The molecule has 1 N–H and O–H groups in total. The van der Waals surface area contributed by atoms with E-state index in [1.54, 1.807) is 12.1 Å². The molecule has 0 unspecified atom stereocenters. The van der Waals surface area contributed by atoms with Crippen LogP contribution in [0.4, 0.5) is 0 Å². The summed E-state index contributed by atoms with van der Waals surface area (Å²) in [6.45, 7) is 4.51. The topological polar surface area (TPSA) is 54.4 Å². The van der Waals surface area contributed by atoms with Gasteiger partial charge in [-0.3, -0.25) is 4.55 Å². The van der Waals surface area contributed by atoms with Gasteiger partial charge in [-0.2, -0.15) is 8.42 Å². The number of benzene rings is 2. The van der Waals surface area contributed by atoms with E-state index >= 15 is 0 Å². The lowest BCUT2D eigenvalue weighted by atomic mass is 9.93. The molecule has 0 aliphatic rings. The summed E-state index contributed by atoms with van der Waals surface area (Å²) in [4.78, 5) is 0.0693. The fraction of sp³-hybridized carbons (Fsp3) is 0.688. The number of rotatable bonds is 21. The Morgan fingerprint density at radius 3 is 1.44 bits per heavy atom. The molecule has 0 atom stereocenters. The summed E-state index contributed by atoms with van der Waals surface area (Å²) in [6, 6.07) is 9.68. The van der Waals surface area contributed by atoms with Crippen LogP contribution in [0.25, 0.3) is 10.8 Å². The van der Waals surface area contributed by atoms with Crippen LogP contribution >= 0.6 is 0 Å². The number of hydrogen-bond acceptors (Lipinski definition) is 2. The summed E-state index contributed by atoms with van der Waals surface area (Å²) >= 11 is 0. The van der Waals surface area contributed by atoms with Crippen LogP contribution in [0.5, 0.6) is 0 Å². The van der Waals surface area contributed by atoms with Crippen LogP contribution in [-0.4, -0.2) is 13.0 Å². The zero-order valence-electron chi connectivity index (χ0n) is 23.2. The second kappa shape index (κ2) is 18.0. The van der Waals surface area contributed by atoms with Gasteiger partial charge in [-0.05, 0) is 48.3 Å². The van der Waals surface area contributed by atoms with Crippen LogP contribution < -0.4 is 0 Å². The average Bonchev–Trinajstić information content (AvgIpc) is 2.86. The molecule has 2 aromatic rings. The molecule has 3 nitrogen and oxygen atoms in total. The van der Waals surface area contributed by atoms with Crippen molar-refractivity contribution < 1.29 is 13.0 Å². The third kappa shape index (κ3) is 11.3. The predicted molar refractivity (Wildman–Crippen MR) is 156 cm³/mol. The molecular weight excluding hydrogens is 464 g/mol. The average molecular weight is 517 g/mol. The Labute approximate surface area is 222 Å². The largest absolute Gasteiger partial charge is 0.295 e. The Morgan fingerprint density at radius 2 is 0.972 bits per heavy atom. The molecule has 4 heteroatoms. The smallest absolute Gasteiger partial charge is 0.282 e. The summed E-state index contributed by atoms with van der Waals surface area (Å²) in [6.07, 6.45) is 24.9. The van der Waals surface area contributed by atoms with Crippen molar-refractivity contribution in [2.24, 2.45) is 0 Å². The van der Waals surface area contributed by atoms with E-state index in [2.05, 4.69) is 26.0 Å².